The van der Waals surface area contributed by atoms with Crippen molar-refractivity contribution >= 4 is 34.8 Å². The summed E-state index contributed by atoms with van der Waals surface area (Å²) in [6.07, 6.45) is 1.66. The van der Waals surface area contributed by atoms with Gasteiger partial charge in [0.2, 0.25) is 0 Å². The predicted molar refractivity (Wildman–Crippen MR) is 93.6 cm³/mol. The van der Waals surface area contributed by atoms with E-state index in [2.05, 4.69) is 9.88 Å². The van der Waals surface area contributed by atoms with Gasteiger partial charge >= 0.3 is 0 Å². The van der Waals surface area contributed by atoms with Crippen LogP contribution in [0.25, 0.3) is 0 Å². The maximum atomic E-state index is 12.6. The minimum Gasteiger partial charge on any atom is -0.368 e. The van der Waals surface area contributed by atoms with Crippen LogP contribution in [-0.2, 0) is 0 Å². The summed E-state index contributed by atoms with van der Waals surface area (Å²) in [5.74, 6) is -0.00288. The smallest absolute Gasteiger partial charge is 0.272 e. The van der Waals surface area contributed by atoms with Crippen LogP contribution in [0, 0.1) is 6.92 Å². The third kappa shape index (κ3) is 3.43. The zero-order chi connectivity index (χ0) is 16.4. The van der Waals surface area contributed by atoms with Crippen LogP contribution in [0.2, 0.25) is 10.0 Å². The molecule has 1 amide bonds. The Morgan fingerprint density at radius 1 is 1.09 bits per heavy atom. The number of anilines is 1. The molecule has 120 valence electrons. The molecule has 0 aliphatic carbocycles. The zero-order valence-corrected chi connectivity index (χ0v) is 14.3. The van der Waals surface area contributed by atoms with Crippen LogP contribution in [0.3, 0.4) is 0 Å². The third-order valence-electron chi connectivity index (χ3n) is 4.05. The van der Waals surface area contributed by atoms with E-state index in [0.29, 0.717) is 28.8 Å². The first kappa shape index (κ1) is 16.1. The van der Waals surface area contributed by atoms with Crippen LogP contribution >= 0.6 is 23.2 Å². The fraction of sp³-hybridized carbons (Fsp3) is 0.294. The van der Waals surface area contributed by atoms with Gasteiger partial charge in [0.05, 0.1) is 10.0 Å². The van der Waals surface area contributed by atoms with Gasteiger partial charge in [0, 0.05) is 38.1 Å². The van der Waals surface area contributed by atoms with Crippen molar-refractivity contribution in [3.63, 3.8) is 0 Å². The standard InChI is InChI=1S/C17H17Cl2N3O/c1-12-3-2-6-20-16(12)17(23)22-9-7-21(8-10-22)13-4-5-14(18)15(19)11-13/h2-6,11H,7-10H2,1H3. The molecule has 0 atom stereocenters. The molecular weight excluding hydrogens is 333 g/mol. The van der Waals surface area contributed by atoms with Crippen LogP contribution in [-0.4, -0.2) is 42.0 Å². The molecule has 0 N–H and O–H groups in total. The molecule has 2 aromatic rings. The number of hydrogen-bond acceptors (Lipinski definition) is 3. The first-order valence-electron chi connectivity index (χ1n) is 7.47. The maximum Gasteiger partial charge on any atom is 0.272 e. The molecule has 0 bridgehead atoms. The monoisotopic (exact) mass is 349 g/mol. The summed E-state index contributed by atoms with van der Waals surface area (Å²) in [6.45, 7) is 4.75. The molecule has 1 aromatic heterocycles. The van der Waals surface area contributed by atoms with Gasteiger partial charge in [-0.1, -0.05) is 29.3 Å². The number of carbonyl (C=O) groups excluding carboxylic acids is 1. The molecule has 3 rings (SSSR count). The van der Waals surface area contributed by atoms with Crippen LogP contribution in [0.1, 0.15) is 16.1 Å². The third-order valence-corrected chi connectivity index (χ3v) is 4.79. The normalized spacial score (nSPS) is 14.9. The molecule has 0 radical (unpaired) electrons. The van der Waals surface area contributed by atoms with Crippen molar-refractivity contribution < 1.29 is 4.79 Å². The molecule has 4 nitrogen and oxygen atoms in total. The van der Waals surface area contributed by atoms with E-state index in [4.69, 9.17) is 23.2 Å². The summed E-state index contributed by atoms with van der Waals surface area (Å²) in [5, 5.41) is 1.10. The average molecular weight is 350 g/mol. The van der Waals surface area contributed by atoms with E-state index < -0.39 is 0 Å². The largest absolute Gasteiger partial charge is 0.368 e. The topological polar surface area (TPSA) is 36.4 Å². The Labute approximate surface area is 145 Å². The maximum absolute atomic E-state index is 12.6. The van der Waals surface area contributed by atoms with E-state index in [1.807, 2.05) is 36.1 Å². The van der Waals surface area contributed by atoms with Gasteiger partial charge in [-0.3, -0.25) is 9.78 Å². The summed E-state index contributed by atoms with van der Waals surface area (Å²) >= 11 is 12.0. The van der Waals surface area contributed by atoms with Crippen molar-refractivity contribution in [2.24, 2.45) is 0 Å². The molecule has 23 heavy (non-hydrogen) atoms. The fourth-order valence-electron chi connectivity index (χ4n) is 2.71. The lowest BCUT2D eigenvalue weighted by Gasteiger charge is -2.36. The Balaban J connectivity index is 1.67. The number of amides is 1. The number of nitrogens with zero attached hydrogens (tertiary/aromatic N) is 3. The van der Waals surface area contributed by atoms with E-state index in [0.717, 1.165) is 24.3 Å². The van der Waals surface area contributed by atoms with Crippen LogP contribution < -0.4 is 4.90 Å². The lowest BCUT2D eigenvalue weighted by atomic mass is 10.2. The molecule has 0 spiro atoms. The molecule has 2 heterocycles. The highest BCUT2D eigenvalue weighted by molar-refractivity contribution is 6.42. The van der Waals surface area contributed by atoms with Gasteiger partial charge in [0.1, 0.15) is 5.69 Å². The Morgan fingerprint density at radius 2 is 1.83 bits per heavy atom. The molecule has 1 fully saturated rings. The van der Waals surface area contributed by atoms with Crippen molar-refractivity contribution in [1.82, 2.24) is 9.88 Å². The molecule has 1 aliphatic rings. The van der Waals surface area contributed by atoms with E-state index in [1.165, 1.54) is 0 Å². The lowest BCUT2D eigenvalue weighted by Crippen LogP contribution is -2.49. The molecule has 0 unspecified atom stereocenters. The van der Waals surface area contributed by atoms with Gasteiger partial charge in [0.15, 0.2) is 0 Å². The number of benzene rings is 1. The molecular formula is C17H17Cl2N3O. The minimum atomic E-state index is -0.00288. The predicted octanol–water partition coefficient (Wildman–Crippen LogP) is 3.66. The summed E-state index contributed by atoms with van der Waals surface area (Å²) in [4.78, 5) is 20.8. The number of hydrogen-bond donors (Lipinski definition) is 0. The molecule has 1 aromatic carbocycles. The average Bonchev–Trinajstić information content (AvgIpc) is 2.57. The molecule has 1 aliphatic heterocycles. The van der Waals surface area contributed by atoms with Crippen molar-refractivity contribution in [3.05, 3.63) is 57.8 Å². The summed E-state index contributed by atoms with van der Waals surface area (Å²) in [7, 11) is 0. The highest BCUT2D eigenvalue weighted by atomic mass is 35.5. The SMILES string of the molecule is Cc1cccnc1C(=O)N1CCN(c2ccc(Cl)c(Cl)c2)CC1. The first-order chi connectivity index (χ1) is 11.1. The number of aryl methyl sites for hydroxylation is 1. The Morgan fingerprint density at radius 3 is 2.48 bits per heavy atom. The Bertz CT molecular complexity index is 728. The highest BCUT2D eigenvalue weighted by Gasteiger charge is 2.24. The molecule has 1 saturated heterocycles. The summed E-state index contributed by atoms with van der Waals surface area (Å²) in [5.41, 5.74) is 2.47. The Hall–Kier alpha value is -1.78. The zero-order valence-electron chi connectivity index (χ0n) is 12.8. The van der Waals surface area contributed by atoms with E-state index >= 15 is 0 Å². The van der Waals surface area contributed by atoms with E-state index in [-0.39, 0.29) is 5.91 Å². The number of pyridine rings is 1. The van der Waals surface area contributed by atoms with Crippen molar-refractivity contribution in [1.29, 1.82) is 0 Å². The van der Waals surface area contributed by atoms with E-state index in [9.17, 15) is 4.79 Å². The fourth-order valence-corrected chi connectivity index (χ4v) is 3.00. The second kappa shape index (κ2) is 6.77. The van der Waals surface area contributed by atoms with E-state index in [1.54, 1.807) is 12.3 Å². The van der Waals surface area contributed by atoms with Crippen LogP contribution in [0.5, 0.6) is 0 Å². The molecule has 6 heteroatoms. The summed E-state index contributed by atoms with van der Waals surface area (Å²) < 4.78 is 0. The van der Waals surface area contributed by atoms with Gasteiger partial charge in [-0.25, -0.2) is 0 Å². The van der Waals surface area contributed by atoms with Crippen molar-refractivity contribution in [2.45, 2.75) is 6.92 Å². The number of halogens is 2. The van der Waals surface area contributed by atoms with Crippen molar-refractivity contribution in [2.75, 3.05) is 31.1 Å². The van der Waals surface area contributed by atoms with Gasteiger partial charge in [0.25, 0.3) is 5.91 Å². The highest BCUT2D eigenvalue weighted by Crippen LogP contribution is 2.27. The Kier molecular flexibility index (Phi) is 4.74. The lowest BCUT2D eigenvalue weighted by molar-refractivity contribution is 0.0740. The van der Waals surface area contributed by atoms with Gasteiger partial charge < -0.3 is 9.80 Å². The quantitative estimate of drug-likeness (QED) is 0.829. The number of rotatable bonds is 2. The van der Waals surface area contributed by atoms with Crippen molar-refractivity contribution in [3.8, 4) is 0 Å². The number of aromatic nitrogens is 1. The first-order valence-corrected chi connectivity index (χ1v) is 8.23. The minimum absolute atomic E-state index is 0.00288. The second-order valence-electron chi connectivity index (χ2n) is 5.55. The van der Waals surface area contributed by atoms with Gasteiger partial charge in [-0.15, -0.1) is 0 Å². The van der Waals surface area contributed by atoms with Gasteiger partial charge in [-0.05, 0) is 36.8 Å². The van der Waals surface area contributed by atoms with Crippen LogP contribution in [0.15, 0.2) is 36.5 Å². The second-order valence-corrected chi connectivity index (χ2v) is 6.36. The van der Waals surface area contributed by atoms with Crippen LogP contribution in [0.4, 0.5) is 5.69 Å². The summed E-state index contributed by atoms with van der Waals surface area (Å²) in [6, 6.07) is 9.37. The number of piperazine rings is 1. The molecule has 0 saturated carbocycles. The number of carbonyl (C=O) groups is 1. The van der Waals surface area contributed by atoms with Gasteiger partial charge in [-0.2, -0.15) is 0 Å².